The second kappa shape index (κ2) is 3.88. The number of carbonyl (C=O) groups excluding carboxylic acids is 1. The highest BCUT2D eigenvalue weighted by atomic mass is 35.7. The smallest absolute Gasteiger partial charge is 0.270 e. The second-order valence-electron chi connectivity index (χ2n) is 2.79. The van der Waals surface area contributed by atoms with Crippen molar-refractivity contribution < 1.29 is 13.2 Å². The lowest BCUT2D eigenvalue weighted by Gasteiger charge is -2.07. The molecule has 0 unspecified atom stereocenters. The fourth-order valence-corrected chi connectivity index (χ4v) is 2.75. The van der Waals surface area contributed by atoms with Crippen molar-refractivity contribution in [2.45, 2.75) is 4.21 Å². The largest absolute Gasteiger partial charge is 0.345 e. The average Bonchev–Trinajstić information content (AvgIpc) is 2.49. The van der Waals surface area contributed by atoms with Crippen LogP contribution in [-0.2, 0) is 9.05 Å². The summed E-state index contributed by atoms with van der Waals surface area (Å²) in [6.45, 7) is 0. The summed E-state index contributed by atoms with van der Waals surface area (Å²) in [6.07, 6.45) is 0. The molecule has 0 aliphatic rings. The van der Waals surface area contributed by atoms with Gasteiger partial charge in [-0.3, -0.25) is 4.79 Å². The van der Waals surface area contributed by atoms with Crippen LogP contribution < -0.4 is 0 Å². The number of hydrogen-bond donors (Lipinski definition) is 0. The maximum atomic E-state index is 11.4. The summed E-state index contributed by atoms with van der Waals surface area (Å²) in [4.78, 5) is 12.7. The highest BCUT2D eigenvalue weighted by Crippen LogP contribution is 2.24. The van der Waals surface area contributed by atoms with Crippen molar-refractivity contribution in [1.82, 2.24) is 4.90 Å². The number of thiophene rings is 1. The van der Waals surface area contributed by atoms with Crippen LogP contribution in [0.5, 0.6) is 0 Å². The summed E-state index contributed by atoms with van der Waals surface area (Å²) >= 11 is 0.935. The summed E-state index contributed by atoms with van der Waals surface area (Å²) in [6, 6.07) is 1.27. The first-order chi connectivity index (χ1) is 6.32. The molecule has 0 atom stereocenters. The topological polar surface area (TPSA) is 54.5 Å². The Balaban J connectivity index is 3.07. The minimum Gasteiger partial charge on any atom is -0.345 e. The Morgan fingerprint density at radius 2 is 2.07 bits per heavy atom. The first kappa shape index (κ1) is 11.5. The third-order valence-electron chi connectivity index (χ3n) is 1.47. The molecule has 0 aromatic carbocycles. The molecular formula is C7H8ClNO3S2. The molecule has 78 valence electrons. The molecular weight excluding hydrogens is 246 g/mol. The lowest BCUT2D eigenvalue weighted by atomic mass is 10.3. The first-order valence-electron chi connectivity index (χ1n) is 3.57. The number of hydrogen-bond acceptors (Lipinski definition) is 4. The minimum atomic E-state index is -3.72. The van der Waals surface area contributed by atoms with E-state index < -0.39 is 9.05 Å². The van der Waals surface area contributed by atoms with E-state index in [4.69, 9.17) is 10.7 Å². The van der Waals surface area contributed by atoms with Crippen molar-refractivity contribution >= 4 is 37.0 Å². The van der Waals surface area contributed by atoms with E-state index in [-0.39, 0.29) is 10.1 Å². The summed E-state index contributed by atoms with van der Waals surface area (Å²) < 4.78 is 21.8. The molecule has 0 aliphatic heterocycles. The molecule has 1 amide bonds. The lowest BCUT2D eigenvalue weighted by molar-refractivity contribution is 0.0828. The molecule has 1 heterocycles. The third-order valence-corrected chi connectivity index (χ3v) is 4.51. The highest BCUT2D eigenvalue weighted by Gasteiger charge is 2.17. The van der Waals surface area contributed by atoms with Crippen molar-refractivity contribution in [1.29, 1.82) is 0 Å². The molecule has 14 heavy (non-hydrogen) atoms. The van der Waals surface area contributed by atoms with Gasteiger partial charge >= 0.3 is 0 Å². The van der Waals surface area contributed by atoms with Crippen LogP contribution in [0.3, 0.4) is 0 Å². The predicted octanol–water partition coefficient (Wildman–Crippen LogP) is 1.38. The van der Waals surface area contributed by atoms with Crippen LogP contribution in [0.4, 0.5) is 0 Å². The van der Waals surface area contributed by atoms with E-state index in [0.717, 1.165) is 11.3 Å². The van der Waals surface area contributed by atoms with E-state index in [0.29, 0.717) is 5.56 Å². The Morgan fingerprint density at radius 3 is 2.43 bits per heavy atom. The Bertz CT molecular complexity index is 449. The van der Waals surface area contributed by atoms with Gasteiger partial charge in [0.25, 0.3) is 15.0 Å². The van der Waals surface area contributed by atoms with E-state index in [1.54, 1.807) is 14.1 Å². The van der Waals surface area contributed by atoms with Gasteiger partial charge in [0.15, 0.2) is 0 Å². The van der Waals surface area contributed by atoms with E-state index in [2.05, 4.69) is 0 Å². The van der Waals surface area contributed by atoms with Gasteiger partial charge in [0.2, 0.25) is 0 Å². The van der Waals surface area contributed by atoms with Crippen molar-refractivity contribution in [3.8, 4) is 0 Å². The molecule has 1 aromatic rings. The number of nitrogens with zero attached hydrogens (tertiary/aromatic N) is 1. The van der Waals surface area contributed by atoms with Gasteiger partial charge in [-0.1, -0.05) is 0 Å². The molecule has 7 heteroatoms. The van der Waals surface area contributed by atoms with Gasteiger partial charge in [-0.15, -0.1) is 11.3 Å². The number of carbonyl (C=O) groups is 1. The van der Waals surface area contributed by atoms with E-state index >= 15 is 0 Å². The van der Waals surface area contributed by atoms with Crippen LogP contribution >= 0.6 is 22.0 Å². The number of amides is 1. The molecule has 0 spiro atoms. The Kier molecular flexibility index (Phi) is 3.18. The molecule has 4 nitrogen and oxygen atoms in total. The van der Waals surface area contributed by atoms with Crippen molar-refractivity contribution in [3.05, 3.63) is 17.0 Å². The Hall–Kier alpha value is -0.590. The molecule has 0 fully saturated rings. The van der Waals surface area contributed by atoms with Crippen LogP contribution in [0, 0.1) is 0 Å². The summed E-state index contributed by atoms with van der Waals surface area (Å²) in [5, 5.41) is 1.47. The zero-order chi connectivity index (χ0) is 10.9. The number of rotatable bonds is 2. The van der Waals surface area contributed by atoms with Crippen molar-refractivity contribution in [2.75, 3.05) is 14.1 Å². The maximum absolute atomic E-state index is 11.4. The summed E-state index contributed by atoms with van der Waals surface area (Å²) in [5.74, 6) is -0.243. The summed E-state index contributed by atoms with van der Waals surface area (Å²) in [5.41, 5.74) is 0.333. The Morgan fingerprint density at radius 1 is 1.50 bits per heavy atom. The van der Waals surface area contributed by atoms with Gasteiger partial charge < -0.3 is 4.90 Å². The van der Waals surface area contributed by atoms with Gasteiger partial charge in [0, 0.05) is 30.2 Å². The molecule has 0 aliphatic carbocycles. The maximum Gasteiger partial charge on any atom is 0.270 e. The molecule has 1 rings (SSSR count). The second-order valence-corrected chi connectivity index (χ2v) is 6.50. The first-order valence-corrected chi connectivity index (χ1v) is 6.76. The molecule has 0 radical (unpaired) electrons. The fraction of sp³-hybridized carbons (Fsp3) is 0.286. The van der Waals surface area contributed by atoms with Crippen LogP contribution in [-0.4, -0.2) is 33.3 Å². The molecule has 0 saturated carbocycles. The predicted molar refractivity (Wildman–Crippen MR) is 55.4 cm³/mol. The van der Waals surface area contributed by atoms with Crippen LogP contribution in [0.25, 0.3) is 0 Å². The van der Waals surface area contributed by atoms with E-state index in [9.17, 15) is 13.2 Å². The Labute approximate surface area is 90.5 Å². The SMILES string of the molecule is CN(C)C(=O)c1csc(S(=O)(=O)Cl)c1. The third kappa shape index (κ3) is 2.46. The normalized spacial score (nSPS) is 11.4. The van der Waals surface area contributed by atoms with Crippen LogP contribution in [0.1, 0.15) is 10.4 Å². The molecule has 0 saturated heterocycles. The van der Waals surface area contributed by atoms with E-state index in [1.807, 2.05) is 0 Å². The lowest BCUT2D eigenvalue weighted by Crippen LogP contribution is -2.20. The van der Waals surface area contributed by atoms with Gasteiger partial charge in [0.1, 0.15) is 4.21 Å². The summed E-state index contributed by atoms with van der Waals surface area (Å²) in [7, 11) is 4.58. The van der Waals surface area contributed by atoms with Crippen LogP contribution in [0.2, 0.25) is 0 Å². The zero-order valence-electron chi connectivity index (χ0n) is 7.52. The average molecular weight is 254 g/mol. The molecule has 0 bridgehead atoms. The van der Waals surface area contributed by atoms with Gasteiger partial charge in [-0.2, -0.15) is 0 Å². The van der Waals surface area contributed by atoms with Crippen molar-refractivity contribution in [2.24, 2.45) is 0 Å². The zero-order valence-corrected chi connectivity index (χ0v) is 9.91. The minimum absolute atomic E-state index is 0.00985. The van der Waals surface area contributed by atoms with Crippen molar-refractivity contribution in [3.63, 3.8) is 0 Å². The monoisotopic (exact) mass is 253 g/mol. The van der Waals surface area contributed by atoms with Crippen LogP contribution in [0.15, 0.2) is 15.7 Å². The molecule has 0 N–H and O–H groups in total. The highest BCUT2D eigenvalue weighted by molar-refractivity contribution is 8.15. The van der Waals surface area contributed by atoms with Gasteiger partial charge in [-0.05, 0) is 6.07 Å². The van der Waals surface area contributed by atoms with Gasteiger partial charge in [0.05, 0.1) is 5.56 Å². The number of halogens is 1. The van der Waals surface area contributed by atoms with E-state index in [1.165, 1.54) is 16.3 Å². The quantitative estimate of drug-likeness (QED) is 0.749. The van der Waals surface area contributed by atoms with Gasteiger partial charge in [-0.25, -0.2) is 8.42 Å². The standard InChI is InChI=1S/C7H8ClNO3S2/c1-9(2)7(10)5-3-6(13-4-5)14(8,11)12/h3-4H,1-2H3. The fourth-order valence-electron chi connectivity index (χ4n) is 0.815. The molecule has 1 aromatic heterocycles.